The van der Waals surface area contributed by atoms with Crippen LogP contribution in [0.4, 0.5) is 19.3 Å². The van der Waals surface area contributed by atoms with Crippen LogP contribution in [-0.2, 0) is 4.79 Å². The molecule has 3 rings (SSSR count). The van der Waals surface area contributed by atoms with Crippen LogP contribution in [0, 0.1) is 11.6 Å². The van der Waals surface area contributed by atoms with Crippen molar-refractivity contribution in [3.8, 4) is 5.75 Å². The summed E-state index contributed by atoms with van der Waals surface area (Å²) in [5, 5.41) is 5.00. The second-order valence-electron chi connectivity index (χ2n) is 5.34. The van der Waals surface area contributed by atoms with Crippen molar-refractivity contribution in [2.45, 2.75) is 5.16 Å². The van der Waals surface area contributed by atoms with Crippen molar-refractivity contribution in [2.75, 3.05) is 18.2 Å². The molecule has 1 aromatic heterocycles. The standard InChI is InChI=1S/C17H14F2N4O3S/c1-26-10-4-2-9(3-5-10)20-16(25)23-15(24)8-27-17-21-13-6-11(18)12(19)7-14(13)22-17/h2-7H,8H2,1H3,(H,21,22)(H2,20,23,24,25). The molecule has 0 bridgehead atoms. The number of nitrogens with one attached hydrogen (secondary N) is 3. The number of hydrogen-bond donors (Lipinski definition) is 3. The summed E-state index contributed by atoms with van der Waals surface area (Å²) < 4.78 is 31.4. The first-order chi connectivity index (χ1) is 12.9. The lowest BCUT2D eigenvalue weighted by Crippen LogP contribution is -2.35. The van der Waals surface area contributed by atoms with Crippen molar-refractivity contribution in [1.82, 2.24) is 15.3 Å². The first-order valence-electron chi connectivity index (χ1n) is 7.67. The zero-order chi connectivity index (χ0) is 19.4. The number of anilines is 1. The lowest BCUT2D eigenvalue weighted by molar-refractivity contribution is -0.117. The van der Waals surface area contributed by atoms with Gasteiger partial charge in [-0.2, -0.15) is 0 Å². The third kappa shape index (κ3) is 4.73. The van der Waals surface area contributed by atoms with Crippen molar-refractivity contribution in [3.63, 3.8) is 0 Å². The molecular weight excluding hydrogens is 378 g/mol. The Kier molecular flexibility index (Phi) is 5.55. The van der Waals surface area contributed by atoms with E-state index in [1.165, 1.54) is 7.11 Å². The van der Waals surface area contributed by atoms with Gasteiger partial charge in [0, 0.05) is 17.8 Å². The number of aromatic nitrogens is 2. The van der Waals surface area contributed by atoms with E-state index >= 15 is 0 Å². The first-order valence-corrected chi connectivity index (χ1v) is 8.65. The number of imidazole rings is 1. The van der Waals surface area contributed by atoms with E-state index in [0.717, 1.165) is 23.9 Å². The van der Waals surface area contributed by atoms with E-state index in [2.05, 4.69) is 20.6 Å². The molecule has 0 radical (unpaired) electrons. The molecule has 10 heteroatoms. The Bertz CT molecular complexity index is 953. The van der Waals surface area contributed by atoms with Gasteiger partial charge < -0.3 is 15.0 Å². The zero-order valence-corrected chi connectivity index (χ0v) is 14.8. The molecule has 0 aliphatic rings. The Hall–Kier alpha value is -3.14. The van der Waals surface area contributed by atoms with Crippen molar-refractivity contribution in [3.05, 3.63) is 48.0 Å². The largest absolute Gasteiger partial charge is 0.497 e. The van der Waals surface area contributed by atoms with Crippen molar-refractivity contribution < 1.29 is 23.1 Å². The molecule has 0 fully saturated rings. The van der Waals surface area contributed by atoms with Crippen LogP contribution in [0.2, 0.25) is 0 Å². The van der Waals surface area contributed by atoms with Crippen molar-refractivity contribution in [2.24, 2.45) is 0 Å². The Morgan fingerprint density at radius 1 is 1.19 bits per heavy atom. The molecule has 3 N–H and O–H groups in total. The topological polar surface area (TPSA) is 96.1 Å². The molecule has 0 saturated carbocycles. The van der Waals surface area contributed by atoms with Crippen LogP contribution in [0.15, 0.2) is 41.6 Å². The highest BCUT2D eigenvalue weighted by atomic mass is 32.2. The number of ether oxygens (including phenoxy) is 1. The lowest BCUT2D eigenvalue weighted by atomic mass is 10.3. The van der Waals surface area contributed by atoms with Crippen LogP contribution in [0.3, 0.4) is 0 Å². The third-order valence-corrected chi connectivity index (χ3v) is 4.32. The van der Waals surface area contributed by atoms with E-state index in [-0.39, 0.29) is 11.3 Å². The number of thioether (sulfide) groups is 1. The molecule has 0 atom stereocenters. The van der Waals surface area contributed by atoms with Gasteiger partial charge in [-0.15, -0.1) is 0 Å². The van der Waals surface area contributed by atoms with Crippen LogP contribution < -0.4 is 15.4 Å². The minimum absolute atomic E-state index is 0.110. The summed E-state index contributed by atoms with van der Waals surface area (Å²) in [6, 6.07) is 7.87. The summed E-state index contributed by atoms with van der Waals surface area (Å²) in [4.78, 5) is 30.5. The predicted molar refractivity (Wildman–Crippen MR) is 96.9 cm³/mol. The number of benzene rings is 2. The Balaban J connectivity index is 1.52. The van der Waals surface area contributed by atoms with Crippen molar-refractivity contribution in [1.29, 1.82) is 0 Å². The Labute approximate surface area is 156 Å². The maximum atomic E-state index is 13.2. The van der Waals surface area contributed by atoms with Gasteiger partial charge in [-0.25, -0.2) is 18.6 Å². The minimum Gasteiger partial charge on any atom is -0.497 e. The first kappa shape index (κ1) is 18.6. The molecule has 1 heterocycles. The summed E-state index contributed by atoms with van der Waals surface area (Å²) in [5.74, 6) is -2.02. The van der Waals surface area contributed by atoms with Crippen LogP contribution in [0.1, 0.15) is 0 Å². The summed E-state index contributed by atoms with van der Waals surface area (Å²) >= 11 is 0.999. The van der Waals surface area contributed by atoms with Crippen LogP contribution >= 0.6 is 11.8 Å². The van der Waals surface area contributed by atoms with Gasteiger partial charge in [0.25, 0.3) is 0 Å². The number of amides is 3. The van der Waals surface area contributed by atoms with E-state index in [4.69, 9.17) is 4.74 Å². The van der Waals surface area contributed by atoms with E-state index < -0.39 is 23.6 Å². The average molecular weight is 392 g/mol. The van der Waals surface area contributed by atoms with Gasteiger partial charge in [0.2, 0.25) is 5.91 Å². The van der Waals surface area contributed by atoms with Gasteiger partial charge in [-0.3, -0.25) is 10.1 Å². The van der Waals surface area contributed by atoms with Gasteiger partial charge in [0.1, 0.15) is 5.75 Å². The third-order valence-electron chi connectivity index (χ3n) is 3.44. The second-order valence-corrected chi connectivity index (χ2v) is 6.31. The highest BCUT2D eigenvalue weighted by molar-refractivity contribution is 7.99. The van der Waals surface area contributed by atoms with Gasteiger partial charge >= 0.3 is 6.03 Å². The summed E-state index contributed by atoms with van der Waals surface area (Å²) in [5.41, 5.74) is 1.05. The van der Waals surface area contributed by atoms with Crippen LogP contribution in [0.25, 0.3) is 11.0 Å². The molecule has 0 aliphatic carbocycles. The zero-order valence-electron chi connectivity index (χ0n) is 14.0. The number of nitrogens with zero attached hydrogens (tertiary/aromatic N) is 1. The van der Waals surface area contributed by atoms with Gasteiger partial charge in [-0.05, 0) is 24.3 Å². The fourth-order valence-electron chi connectivity index (χ4n) is 2.18. The van der Waals surface area contributed by atoms with E-state index in [0.29, 0.717) is 22.1 Å². The Morgan fingerprint density at radius 2 is 1.89 bits per heavy atom. The number of rotatable bonds is 5. The maximum Gasteiger partial charge on any atom is 0.325 e. The number of halogens is 2. The monoisotopic (exact) mass is 392 g/mol. The highest BCUT2D eigenvalue weighted by Gasteiger charge is 2.12. The number of carbonyl (C=O) groups excluding carboxylic acids is 2. The molecule has 0 unspecified atom stereocenters. The summed E-state index contributed by atoms with van der Waals surface area (Å²) in [6.45, 7) is 0. The lowest BCUT2D eigenvalue weighted by Gasteiger charge is -2.07. The number of urea groups is 1. The maximum absolute atomic E-state index is 13.2. The molecule has 7 nitrogen and oxygen atoms in total. The molecule has 3 aromatic rings. The van der Waals surface area contributed by atoms with Crippen molar-refractivity contribution >= 4 is 40.4 Å². The molecule has 0 aliphatic heterocycles. The number of aromatic amines is 1. The Morgan fingerprint density at radius 3 is 2.59 bits per heavy atom. The average Bonchev–Trinajstić information content (AvgIpc) is 3.02. The number of fused-ring (bicyclic) bond motifs is 1. The molecule has 140 valence electrons. The number of imide groups is 1. The SMILES string of the molecule is COc1ccc(NC(=O)NC(=O)CSc2nc3cc(F)c(F)cc3[nH]2)cc1. The molecule has 0 saturated heterocycles. The minimum atomic E-state index is -1.00. The molecular formula is C17H14F2N4O3S. The summed E-state index contributed by atoms with van der Waals surface area (Å²) in [7, 11) is 1.53. The normalized spacial score (nSPS) is 10.6. The van der Waals surface area contributed by atoms with E-state index in [1.54, 1.807) is 24.3 Å². The highest BCUT2D eigenvalue weighted by Crippen LogP contribution is 2.21. The molecule has 3 amide bonds. The van der Waals surface area contributed by atoms with Gasteiger partial charge in [0.15, 0.2) is 16.8 Å². The number of carbonyl (C=O) groups is 2. The number of hydrogen-bond acceptors (Lipinski definition) is 5. The van der Waals surface area contributed by atoms with E-state index in [1.807, 2.05) is 0 Å². The molecule has 2 aromatic carbocycles. The quantitative estimate of drug-likeness (QED) is 0.579. The fraction of sp³-hybridized carbons (Fsp3) is 0.118. The fourth-order valence-corrected chi connectivity index (χ4v) is 2.87. The molecule has 27 heavy (non-hydrogen) atoms. The number of methoxy groups -OCH3 is 1. The van der Waals surface area contributed by atoms with Gasteiger partial charge in [-0.1, -0.05) is 11.8 Å². The number of H-pyrrole nitrogens is 1. The smallest absolute Gasteiger partial charge is 0.325 e. The van der Waals surface area contributed by atoms with Crippen LogP contribution in [0.5, 0.6) is 5.75 Å². The van der Waals surface area contributed by atoms with E-state index in [9.17, 15) is 18.4 Å². The molecule has 0 spiro atoms. The van der Waals surface area contributed by atoms with Crippen LogP contribution in [-0.4, -0.2) is 34.8 Å². The second kappa shape index (κ2) is 8.04. The summed E-state index contributed by atoms with van der Waals surface area (Å²) in [6.07, 6.45) is 0. The van der Waals surface area contributed by atoms with Gasteiger partial charge in [0.05, 0.1) is 23.9 Å². The predicted octanol–water partition coefficient (Wildman–Crippen LogP) is 3.29.